The lowest BCUT2D eigenvalue weighted by molar-refractivity contribution is 0.416. The van der Waals surface area contributed by atoms with Crippen LogP contribution in [0.5, 0.6) is 5.75 Å². The smallest absolute Gasteiger partial charge is 0.177 e. The van der Waals surface area contributed by atoms with Gasteiger partial charge in [-0.3, -0.25) is 0 Å². The van der Waals surface area contributed by atoms with Crippen LogP contribution in [0.1, 0.15) is 0 Å². The number of benzene rings is 2. The molecule has 0 unspecified atom stereocenters. The van der Waals surface area contributed by atoms with Crippen LogP contribution < -0.4 is 10.5 Å². The zero-order valence-corrected chi connectivity index (χ0v) is 12.1. The number of nitrogens with zero attached hydrogens (tertiary/aromatic N) is 1. The van der Waals surface area contributed by atoms with Crippen LogP contribution in [0.3, 0.4) is 0 Å². The van der Waals surface area contributed by atoms with Crippen LogP contribution >= 0.6 is 11.6 Å². The maximum Gasteiger partial charge on any atom is 0.177 e. The van der Waals surface area contributed by atoms with Crippen LogP contribution in [0.15, 0.2) is 53.1 Å². The summed E-state index contributed by atoms with van der Waals surface area (Å²) >= 11 is 5.92. The van der Waals surface area contributed by atoms with Gasteiger partial charge in [0.15, 0.2) is 11.6 Å². The number of anilines is 1. The third-order valence-corrected chi connectivity index (χ3v) is 3.45. The van der Waals surface area contributed by atoms with Crippen molar-refractivity contribution in [2.45, 2.75) is 0 Å². The molecule has 5 heteroatoms. The lowest BCUT2D eigenvalue weighted by Gasteiger charge is -2.08. The summed E-state index contributed by atoms with van der Waals surface area (Å²) in [6, 6.07) is 14.9. The topological polar surface area (TPSA) is 61.3 Å². The first kappa shape index (κ1) is 13.5. The average molecular weight is 301 g/mol. The fourth-order valence-electron chi connectivity index (χ4n) is 2.21. The first-order valence-corrected chi connectivity index (χ1v) is 6.73. The van der Waals surface area contributed by atoms with E-state index in [-0.39, 0.29) is 0 Å². The summed E-state index contributed by atoms with van der Waals surface area (Å²) in [6.45, 7) is 0. The second kappa shape index (κ2) is 5.50. The standard InChI is InChI=1S/C16H13ClN2O2/c1-20-13-5-3-2-4-12(13)14-15(21-19-16(14)18)10-6-8-11(17)9-7-10/h2-9H,1H3,(H2,18,19). The summed E-state index contributed by atoms with van der Waals surface area (Å²) in [5.41, 5.74) is 8.38. The van der Waals surface area contributed by atoms with Crippen LogP contribution in [0, 0.1) is 0 Å². The number of aromatic nitrogens is 1. The number of rotatable bonds is 3. The molecule has 1 heterocycles. The molecule has 0 bridgehead atoms. The molecule has 1 aromatic heterocycles. The molecule has 0 aliphatic heterocycles. The zero-order chi connectivity index (χ0) is 14.8. The minimum absolute atomic E-state index is 0.324. The van der Waals surface area contributed by atoms with Gasteiger partial charge in [0.1, 0.15) is 5.75 Å². The van der Waals surface area contributed by atoms with Crippen molar-refractivity contribution in [1.82, 2.24) is 5.16 Å². The van der Waals surface area contributed by atoms with Gasteiger partial charge >= 0.3 is 0 Å². The minimum atomic E-state index is 0.324. The largest absolute Gasteiger partial charge is 0.496 e. The van der Waals surface area contributed by atoms with Crippen molar-refractivity contribution in [2.24, 2.45) is 0 Å². The fourth-order valence-corrected chi connectivity index (χ4v) is 2.34. The SMILES string of the molecule is COc1ccccc1-c1c(N)noc1-c1ccc(Cl)cc1. The highest BCUT2D eigenvalue weighted by molar-refractivity contribution is 6.30. The molecule has 0 radical (unpaired) electrons. The van der Waals surface area contributed by atoms with Crippen molar-refractivity contribution >= 4 is 17.4 Å². The van der Waals surface area contributed by atoms with Crippen LogP contribution in [0.25, 0.3) is 22.5 Å². The molecule has 3 aromatic rings. The van der Waals surface area contributed by atoms with Gasteiger partial charge in [-0.25, -0.2) is 0 Å². The molecule has 0 atom stereocenters. The van der Waals surface area contributed by atoms with E-state index in [4.69, 9.17) is 26.6 Å². The summed E-state index contributed by atoms with van der Waals surface area (Å²) < 4.78 is 10.8. The van der Waals surface area contributed by atoms with Crippen molar-refractivity contribution in [1.29, 1.82) is 0 Å². The molecule has 0 spiro atoms. The van der Waals surface area contributed by atoms with E-state index in [1.807, 2.05) is 36.4 Å². The molecule has 0 amide bonds. The van der Waals surface area contributed by atoms with Gasteiger partial charge in [0.05, 0.1) is 12.7 Å². The van der Waals surface area contributed by atoms with Crippen molar-refractivity contribution in [2.75, 3.05) is 12.8 Å². The van der Waals surface area contributed by atoms with E-state index in [0.29, 0.717) is 22.4 Å². The van der Waals surface area contributed by atoms with Gasteiger partial charge in [0, 0.05) is 16.1 Å². The maximum atomic E-state index is 5.98. The Morgan fingerprint density at radius 3 is 2.52 bits per heavy atom. The van der Waals surface area contributed by atoms with Gasteiger partial charge in [-0.2, -0.15) is 0 Å². The Balaban J connectivity index is 2.20. The number of nitrogens with two attached hydrogens (primary N) is 1. The summed E-state index contributed by atoms with van der Waals surface area (Å²) in [7, 11) is 1.62. The third kappa shape index (κ3) is 2.45. The molecule has 0 fully saturated rings. The first-order valence-electron chi connectivity index (χ1n) is 6.35. The van der Waals surface area contributed by atoms with Crippen LogP contribution in [0.2, 0.25) is 5.02 Å². The Morgan fingerprint density at radius 1 is 1.10 bits per heavy atom. The Labute approximate surface area is 127 Å². The molecule has 21 heavy (non-hydrogen) atoms. The predicted molar refractivity (Wildman–Crippen MR) is 83.3 cm³/mol. The minimum Gasteiger partial charge on any atom is -0.496 e. The first-order chi connectivity index (χ1) is 10.2. The Hall–Kier alpha value is -2.46. The van der Waals surface area contributed by atoms with Crippen molar-refractivity contribution in [3.05, 3.63) is 53.6 Å². The van der Waals surface area contributed by atoms with Gasteiger partial charge in [-0.1, -0.05) is 35.0 Å². The molecular weight excluding hydrogens is 288 g/mol. The molecule has 3 rings (SSSR count). The maximum absolute atomic E-state index is 5.98. The van der Waals surface area contributed by atoms with E-state index >= 15 is 0 Å². The molecular formula is C16H13ClN2O2. The van der Waals surface area contributed by atoms with Gasteiger partial charge in [-0.05, 0) is 30.3 Å². The van der Waals surface area contributed by atoms with E-state index in [1.165, 1.54) is 0 Å². The van der Waals surface area contributed by atoms with E-state index in [2.05, 4.69) is 5.16 Å². The number of ether oxygens (including phenoxy) is 1. The van der Waals surface area contributed by atoms with E-state index in [9.17, 15) is 0 Å². The van der Waals surface area contributed by atoms with E-state index in [1.54, 1.807) is 19.2 Å². The third-order valence-electron chi connectivity index (χ3n) is 3.20. The van der Waals surface area contributed by atoms with E-state index < -0.39 is 0 Å². The number of methoxy groups -OCH3 is 1. The highest BCUT2D eigenvalue weighted by Crippen LogP contribution is 2.40. The van der Waals surface area contributed by atoms with Crippen LogP contribution in [-0.4, -0.2) is 12.3 Å². The normalized spacial score (nSPS) is 10.6. The quantitative estimate of drug-likeness (QED) is 0.785. The molecule has 0 aliphatic carbocycles. The van der Waals surface area contributed by atoms with Crippen molar-refractivity contribution < 1.29 is 9.26 Å². The van der Waals surface area contributed by atoms with E-state index in [0.717, 1.165) is 16.7 Å². The fraction of sp³-hybridized carbons (Fsp3) is 0.0625. The van der Waals surface area contributed by atoms with Gasteiger partial charge in [-0.15, -0.1) is 0 Å². The summed E-state index contributed by atoms with van der Waals surface area (Å²) in [4.78, 5) is 0. The number of halogens is 1. The highest BCUT2D eigenvalue weighted by atomic mass is 35.5. The van der Waals surface area contributed by atoms with Crippen LogP contribution in [-0.2, 0) is 0 Å². The van der Waals surface area contributed by atoms with Crippen molar-refractivity contribution in [3.8, 4) is 28.2 Å². The summed E-state index contributed by atoms with van der Waals surface area (Å²) in [5, 5.41) is 4.54. The monoisotopic (exact) mass is 300 g/mol. The Kier molecular flexibility index (Phi) is 3.54. The Bertz CT molecular complexity index is 766. The lowest BCUT2D eigenvalue weighted by Crippen LogP contribution is -1.92. The lowest BCUT2D eigenvalue weighted by atomic mass is 10.0. The van der Waals surface area contributed by atoms with Gasteiger partial charge in [0.2, 0.25) is 0 Å². The number of nitrogen functional groups attached to an aromatic ring is 1. The van der Waals surface area contributed by atoms with Gasteiger partial charge < -0.3 is 15.0 Å². The summed E-state index contributed by atoms with van der Waals surface area (Å²) in [6.07, 6.45) is 0. The molecule has 0 saturated heterocycles. The second-order valence-electron chi connectivity index (χ2n) is 4.48. The number of hydrogen-bond donors (Lipinski definition) is 1. The molecule has 2 aromatic carbocycles. The summed E-state index contributed by atoms with van der Waals surface area (Å²) in [5.74, 6) is 1.63. The number of hydrogen-bond acceptors (Lipinski definition) is 4. The number of para-hydroxylation sites is 1. The Morgan fingerprint density at radius 2 is 1.81 bits per heavy atom. The predicted octanol–water partition coefficient (Wildman–Crippen LogP) is 4.25. The molecule has 106 valence electrons. The average Bonchev–Trinajstić information content (AvgIpc) is 2.89. The second-order valence-corrected chi connectivity index (χ2v) is 4.92. The molecule has 0 saturated carbocycles. The molecule has 0 aliphatic rings. The van der Waals surface area contributed by atoms with Crippen molar-refractivity contribution in [3.63, 3.8) is 0 Å². The van der Waals surface area contributed by atoms with Crippen LogP contribution in [0.4, 0.5) is 5.82 Å². The molecule has 4 nitrogen and oxygen atoms in total. The van der Waals surface area contributed by atoms with Gasteiger partial charge in [0.25, 0.3) is 0 Å². The zero-order valence-electron chi connectivity index (χ0n) is 11.3. The molecule has 2 N–H and O–H groups in total. The highest BCUT2D eigenvalue weighted by Gasteiger charge is 2.20.